The standard InChI is InChI=1S/C21H22N4O3/c22-10-13-3-1-6-16(9-13)23-11-14-4-2-5-15-12-25(21(28)19(14)15)17-7-8-18(26)24-20(17)27/h1-6,9,17,23H,7-8,10-12,22H2,(H,24,26,27). The summed E-state index contributed by atoms with van der Waals surface area (Å²) in [5.41, 5.74) is 10.1. The number of benzene rings is 2. The molecule has 7 nitrogen and oxygen atoms in total. The van der Waals surface area contributed by atoms with Crippen LogP contribution in [0, 0.1) is 0 Å². The van der Waals surface area contributed by atoms with E-state index in [1.165, 1.54) is 0 Å². The lowest BCUT2D eigenvalue weighted by Crippen LogP contribution is -2.52. The van der Waals surface area contributed by atoms with E-state index >= 15 is 0 Å². The van der Waals surface area contributed by atoms with Crippen molar-refractivity contribution < 1.29 is 14.4 Å². The molecule has 3 amide bonds. The number of nitrogens with two attached hydrogens (primary N) is 1. The Labute approximate surface area is 162 Å². The highest BCUT2D eigenvalue weighted by atomic mass is 16.2. The Balaban J connectivity index is 1.53. The Bertz CT molecular complexity index is 956. The first-order chi connectivity index (χ1) is 13.6. The van der Waals surface area contributed by atoms with Gasteiger partial charge in [-0.2, -0.15) is 0 Å². The highest BCUT2D eigenvalue weighted by Crippen LogP contribution is 2.30. The van der Waals surface area contributed by atoms with Crippen LogP contribution in [0.1, 0.15) is 39.9 Å². The van der Waals surface area contributed by atoms with E-state index in [-0.39, 0.29) is 18.2 Å². The number of piperidine rings is 1. The normalized spacial score (nSPS) is 18.8. The zero-order chi connectivity index (χ0) is 19.7. The first kappa shape index (κ1) is 18.2. The number of carbonyl (C=O) groups excluding carboxylic acids is 3. The Morgan fingerprint density at radius 2 is 1.96 bits per heavy atom. The van der Waals surface area contributed by atoms with Gasteiger partial charge in [0.25, 0.3) is 5.91 Å². The molecule has 2 aliphatic heterocycles. The third-order valence-electron chi connectivity index (χ3n) is 5.28. The number of nitrogens with one attached hydrogen (secondary N) is 2. The number of imide groups is 1. The van der Waals surface area contributed by atoms with Gasteiger partial charge in [-0.25, -0.2) is 0 Å². The fourth-order valence-electron chi connectivity index (χ4n) is 3.84. The number of nitrogens with zero attached hydrogens (tertiary/aromatic N) is 1. The highest BCUT2D eigenvalue weighted by molar-refractivity contribution is 6.06. The second-order valence-electron chi connectivity index (χ2n) is 7.11. The lowest BCUT2D eigenvalue weighted by molar-refractivity contribution is -0.136. The molecule has 0 spiro atoms. The molecule has 4 N–H and O–H groups in total. The van der Waals surface area contributed by atoms with Crippen LogP contribution in [0.4, 0.5) is 5.69 Å². The Kier molecular flexibility index (Phi) is 4.83. The third kappa shape index (κ3) is 3.36. The van der Waals surface area contributed by atoms with Gasteiger partial charge in [0.2, 0.25) is 11.8 Å². The minimum absolute atomic E-state index is 0.155. The topological polar surface area (TPSA) is 105 Å². The van der Waals surface area contributed by atoms with Gasteiger partial charge in [0, 0.05) is 37.3 Å². The lowest BCUT2D eigenvalue weighted by atomic mass is 10.0. The van der Waals surface area contributed by atoms with Crippen LogP contribution in [0.15, 0.2) is 42.5 Å². The number of hydrogen-bond acceptors (Lipinski definition) is 5. The first-order valence-corrected chi connectivity index (χ1v) is 9.35. The second-order valence-corrected chi connectivity index (χ2v) is 7.11. The second kappa shape index (κ2) is 7.44. The molecule has 2 aromatic carbocycles. The van der Waals surface area contributed by atoms with Crippen molar-refractivity contribution in [3.8, 4) is 0 Å². The molecule has 4 rings (SSSR count). The molecule has 2 heterocycles. The van der Waals surface area contributed by atoms with Crippen molar-refractivity contribution >= 4 is 23.4 Å². The molecule has 0 aliphatic carbocycles. The van der Waals surface area contributed by atoms with Gasteiger partial charge in [0.1, 0.15) is 6.04 Å². The molecule has 2 aromatic rings. The number of amides is 3. The van der Waals surface area contributed by atoms with E-state index in [2.05, 4.69) is 10.6 Å². The van der Waals surface area contributed by atoms with E-state index in [0.29, 0.717) is 31.6 Å². The predicted octanol–water partition coefficient (Wildman–Crippen LogP) is 1.52. The molecule has 0 bridgehead atoms. The molecule has 1 atom stereocenters. The number of fused-ring (bicyclic) bond motifs is 1. The van der Waals surface area contributed by atoms with Crippen molar-refractivity contribution in [3.05, 3.63) is 64.7 Å². The summed E-state index contributed by atoms with van der Waals surface area (Å²) in [6.45, 7) is 1.35. The van der Waals surface area contributed by atoms with E-state index < -0.39 is 11.9 Å². The maximum atomic E-state index is 13.1. The van der Waals surface area contributed by atoms with Crippen molar-refractivity contribution in [3.63, 3.8) is 0 Å². The van der Waals surface area contributed by atoms with Crippen LogP contribution in [-0.2, 0) is 29.2 Å². The summed E-state index contributed by atoms with van der Waals surface area (Å²) >= 11 is 0. The molecule has 0 saturated carbocycles. The van der Waals surface area contributed by atoms with Gasteiger partial charge in [-0.15, -0.1) is 0 Å². The average molecular weight is 378 g/mol. The van der Waals surface area contributed by atoms with E-state index in [4.69, 9.17) is 5.73 Å². The number of rotatable bonds is 5. The fourth-order valence-corrected chi connectivity index (χ4v) is 3.84. The van der Waals surface area contributed by atoms with Gasteiger partial charge in [-0.1, -0.05) is 30.3 Å². The van der Waals surface area contributed by atoms with Crippen molar-refractivity contribution in [1.29, 1.82) is 0 Å². The third-order valence-corrected chi connectivity index (χ3v) is 5.28. The molecule has 0 aromatic heterocycles. The van der Waals surface area contributed by atoms with Crippen LogP contribution in [0.5, 0.6) is 0 Å². The van der Waals surface area contributed by atoms with Crippen LogP contribution in [0.3, 0.4) is 0 Å². The van der Waals surface area contributed by atoms with E-state index in [1.807, 2.05) is 42.5 Å². The van der Waals surface area contributed by atoms with Crippen LogP contribution in [0.25, 0.3) is 0 Å². The number of hydrogen-bond donors (Lipinski definition) is 3. The molecule has 144 valence electrons. The van der Waals surface area contributed by atoms with Crippen molar-refractivity contribution in [1.82, 2.24) is 10.2 Å². The fraction of sp³-hybridized carbons (Fsp3) is 0.286. The summed E-state index contributed by atoms with van der Waals surface area (Å²) in [6, 6.07) is 13.0. The summed E-state index contributed by atoms with van der Waals surface area (Å²) in [7, 11) is 0. The summed E-state index contributed by atoms with van der Waals surface area (Å²) in [5, 5.41) is 5.68. The van der Waals surface area contributed by atoms with Crippen molar-refractivity contribution in [2.75, 3.05) is 5.32 Å². The quantitative estimate of drug-likeness (QED) is 0.684. The first-order valence-electron chi connectivity index (χ1n) is 9.35. The summed E-state index contributed by atoms with van der Waals surface area (Å²) in [6.07, 6.45) is 0.617. The minimum atomic E-state index is -0.598. The van der Waals surface area contributed by atoms with Gasteiger partial charge in [-0.3, -0.25) is 19.7 Å². The van der Waals surface area contributed by atoms with Crippen LogP contribution in [-0.4, -0.2) is 28.7 Å². The van der Waals surface area contributed by atoms with E-state index in [9.17, 15) is 14.4 Å². The number of anilines is 1. The lowest BCUT2D eigenvalue weighted by Gasteiger charge is -2.29. The molecule has 1 saturated heterocycles. The summed E-state index contributed by atoms with van der Waals surface area (Å²) in [5.74, 6) is -0.830. The minimum Gasteiger partial charge on any atom is -0.381 e. The molecule has 28 heavy (non-hydrogen) atoms. The molecular formula is C21H22N4O3. The van der Waals surface area contributed by atoms with Crippen LogP contribution in [0.2, 0.25) is 0 Å². The van der Waals surface area contributed by atoms with E-state index in [0.717, 1.165) is 22.4 Å². The van der Waals surface area contributed by atoms with Gasteiger partial charge in [-0.05, 0) is 35.2 Å². The largest absolute Gasteiger partial charge is 0.381 e. The molecule has 7 heteroatoms. The van der Waals surface area contributed by atoms with Crippen LogP contribution >= 0.6 is 0 Å². The monoisotopic (exact) mass is 378 g/mol. The maximum Gasteiger partial charge on any atom is 0.255 e. The molecular weight excluding hydrogens is 356 g/mol. The molecule has 1 unspecified atom stereocenters. The Hall–Kier alpha value is -3.19. The van der Waals surface area contributed by atoms with Crippen molar-refractivity contribution in [2.45, 2.75) is 38.5 Å². The zero-order valence-corrected chi connectivity index (χ0v) is 15.4. The molecule has 2 aliphatic rings. The summed E-state index contributed by atoms with van der Waals surface area (Å²) < 4.78 is 0. The Morgan fingerprint density at radius 1 is 1.14 bits per heavy atom. The smallest absolute Gasteiger partial charge is 0.255 e. The maximum absolute atomic E-state index is 13.1. The predicted molar refractivity (Wildman–Crippen MR) is 104 cm³/mol. The van der Waals surface area contributed by atoms with E-state index in [1.54, 1.807) is 4.90 Å². The number of carbonyl (C=O) groups is 3. The summed E-state index contributed by atoms with van der Waals surface area (Å²) in [4.78, 5) is 38.2. The Morgan fingerprint density at radius 3 is 2.75 bits per heavy atom. The average Bonchev–Trinajstić information content (AvgIpc) is 3.03. The molecule has 0 radical (unpaired) electrons. The van der Waals surface area contributed by atoms with Crippen molar-refractivity contribution in [2.24, 2.45) is 5.73 Å². The zero-order valence-electron chi connectivity index (χ0n) is 15.4. The highest BCUT2D eigenvalue weighted by Gasteiger charge is 2.39. The van der Waals surface area contributed by atoms with Gasteiger partial charge < -0.3 is 16.0 Å². The van der Waals surface area contributed by atoms with Gasteiger partial charge in [0.15, 0.2) is 0 Å². The SMILES string of the molecule is NCc1cccc(NCc2cccc3c2C(=O)N(C2CCC(=O)NC2=O)C3)c1. The van der Waals surface area contributed by atoms with Crippen LogP contribution < -0.4 is 16.4 Å². The molecule has 1 fully saturated rings. The van der Waals surface area contributed by atoms with Gasteiger partial charge in [0.05, 0.1) is 0 Å². The van der Waals surface area contributed by atoms with Gasteiger partial charge >= 0.3 is 0 Å².